The van der Waals surface area contributed by atoms with Crippen molar-refractivity contribution in [2.75, 3.05) is 0 Å². The highest BCUT2D eigenvalue weighted by atomic mass is 19.1. The van der Waals surface area contributed by atoms with Gasteiger partial charge >= 0.3 is 5.97 Å². The highest BCUT2D eigenvalue weighted by Crippen LogP contribution is 2.20. The molecular weight excluding hydrogens is 161 g/mol. The zero-order valence-electron chi connectivity index (χ0n) is 7.67. The first-order valence-electron chi connectivity index (χ1n) is 3.97. The van der Waals surface area contributed by atoms with Gasteiger partial charge < -0.3 is 10.8 Å². The van der Waals surface area contributed by atoms with Crippen LogP contribution >= 0.6 is 0 Å². The predicted octanol–water partition coefficient (Wildman–Crippen LogP) is 1.17. The SMILES string of the molecule is CC(C)CC(N)(C(=O)O)C(C)F. The molecule has 3 N–H and O–H groups in total. The normalized spacial score (nSPS) is 18.8. The van der Waals surface area contributed by atoms with Crippen LogP contribution in [0.15, 0.2) is 0 Å². The lowest BCUT2D eigenvalue weighted by Gasteiger charge is -2.27. The number of rotatable bonds is 4. The number of halogens is 1. The minimum absolute atomic E-state index is 0.0734. The molecule has 0 radical (unpaired) electrons. The summed E-state index contributed by atoms with van der Waals surface area (Å²) in [5.74, 6) is -1.20. The fraction of sp³-hybridized carbons (Fsp3) is 0.875. The standard InChI is InChI=1S/C8H16FNO2/c1-5(2)4-8(10,6(3)9)7(11)12/h5-6H,4,10H2,1-3H3,(H,11,12). The van der Waals surface area contributed by atoms with Crippen LogP contribution in [0.4, 0.5) is 4.39 Å². The molecule has 4 heteroatoms. The first-order chi connectivity index (χ1) is 5.30. The number of hydrogen-bond donors (Lipinski definition) is 2. The number of nitrogens with two attached hydrogens (primary N) is 1. The molecule has 0 aliphatic rings. The summed E-state index contributed by atoms with van der Waals surface area (Å²) in [6.07, 6.45) is -1.38. The number of carboxylic acids is 1. The maximum atomic E-state index is 12.9. The summed E-state index contributed by atoms with van der Waals surface area (Å²) in [7, 11) is 0. The van der Waals surface area contributed by atoms with Crippen LogP contribution in [-0.2, 0) is 4.79 Å². The molecule has 0 rings (SSSR count). The third-order valence-electron chi connectivity index (χ3n) is 1.85. The van der Waals surface area contributed by atoms with E-state index in [4.69, 9.17) is 10.8 Å². The average Bonchev–Trinajstić information content (AvgIpc) is 1.84. The molecule has 0 spiro atoms. The van der Waals surface area contributed by atoms with Crippen LogP contribution in [0.3, 0.4) is 0 Å². The number of carboxylic acid groups (broad SMARTS) is 1. The topological polar surface area (TPSA) is 63.3 Å². The van der Waals surface area contributed by atoms with E-state index < -0.39 is 17.7 Å². The molecule has 2 atom stereocenters. The number of carbonyl (C=O) groups is 1. The second-order valence-electron chi connectivity index (χ2n) is 3.56. The molecule has 0 fully saturated rings. The second-order valence-corrected chi connectivity index (χ2v) is 3.56. The number of alkyl halides is 1. The van der Waals surface area contributed by atoms with Gasteiger partial charge in [0.15, 0.2) is 0 Å². The Labute approximate surface area is 71.8 Å². The van der Waals surface area contributed by atoms with Crippen LogP contribution in [0.5, 0.6) is 0 Å². The average molecular weight is 177 g/mol. The van der Waals surface area contributed by atoms with E-state index in [1.165, 1.54) is 6.92 Å². The van der Waals surface area contributed by atoms with E-state index >= 15 is 0 Å². The Hall–Kier alpha value is -0.640. The monoisotopic (exact) mass is 177 g/mol. The summed E-state index contributed by atoms with van der Waals surface area (Å²) in [5.41, 5.74) is 3.68. The van der Waals surface area contributed by atoms with Gasteiger partial charge in [-0.25, -0.2) is 4.39 Å². The Bertz CT molecular complexity index is 170. The summed E-state index contributed by atoms with van der Waals surface area (Å²) in [6.45, 7) is 4.80. The zero-order valence-corrected chi connectivity index (χ0v) is 7.67. The molecule has 0 amide bonds. The summed E-state index contributed by atoms with van der Waals surface area (Å²) in [4.78, 5) is 10.6. The fourth-order valence-corrected chi connectivity index (χ4v) is 1.10. The first-order valence-corrected chi connectivity index (χ1v) is 3.97. The minimum Gasteiger partial charge on any atom is -0.480 e. The smallest absolute Gasteiger partial charge is 0.326 e. The molecule has 0 aliphatic carbocycles. The van der Waals surface area contributed by atoms with E-state index in [1.807, 2.05) is 13.8 Å². The van der Waals surface area contributed by atoms with Gasteiger partial charge in [0.25, 0.3) is 0 Å². The van der Waals surface area contributed by atoms with Crippen molar-refractivity contribution < 1.29 is 14.3 Å². The van der Waals surface area contributed by atoms with Gasteiger partial charge in [0.1, 0.15) is 11.7 Å². The molecule has 2 unspecified atom stereocenters. The van der Waals surface area contributed by atoms with Crippen LogP contribution in [0.25, 0.3) is 0 Å². The molecule has 0 aliphatic heterocycles. The van der Waals surface area contributed by atoms with Crippen molar-refractivity contribution in [1.29, 1.82) is 0 Å². The molecule has 0 aromatic rings. The Morgan fingerprint density at radius 1 is 1.58 bits per heavy atom. The molecule has 0 saturated heterocycles. The number of aliphatic carboxylic acids is 1. The second kappa shape index (κ2) is 3.85. The first kappa shape index (κ1) is 11.4. The summed E-state index contributed by atoms with van der Waals surface area (Å²) in [6, 6.07) is 0. The summed E-state index contributed by atoms with van der Waals surface area (Å²) in [5, 5.41) is 8.69. The van der Waals surface area contributed by atoms with Crippen LogP contribution in [0.2, 0.25) is 0 Å². The van der Waals surface area contributed by atoms with Crippen LogP contribution in [0.1, 0.15) is 27.2 Å². The van der Waals surface area contributed by atoms with Crippen molar-refractivity contribution >= 4 is 5.97 Å². The highest BCUT2D eigenvalue weighted by molar-refractivity contribution is 5.79. The molecule has 12 heavy (non-hydrogen) atoms. The van der Waals surface area contributed by atoms with Gasteiger partial charge in [0, 0.05) is 0 Å². The summed E-state index contributed by atoms with van der Waals surface area (Å²) >= 11 is 0. The molecule has 0 bridgehead atoms. The van der Waals surface area contributed by atoms with Gasteiger partial charge in [0.2, 0.25) is 0 Å². The van der Waals surface area contributed by atoms with Crippen molar-refractivity contribution in [2.45, 2.75) is 38.9 Å². The van der Waals surface area contributed by atoms with E-state index in [0.717, 1.165) is 0 Å². The van der Waals surface area contributed by atoms with Crippen molar-refractivity contribution in [3.63, 3.8) is 0 Å². The lowest BCUT2D eigenvalue weighted by Crippen LogP contribution is -2.55. The van der Waals surface area contributed by atoms with E-state index in [1.54, 1.807) is 0 Å². The van der Waals surface area contributed by atoms with Crippen molar-refractivity contribution in [3.05, 3.63) is 0 Å². The van der Waals surface area contributed by atoms with Crippen molar-refractivity contribution in [3.8, 4) is 0 Å². The fourth-order valence-electron chi connectivity index (χ4n) is 1.10. The number of hydrogen-bond acceptors (Lipinski definition) is 2. The van der Waals surface area contributed by atoms with Gasteiger partial charge in [0.05, 0.1) is 0 Å². The van der Waals surface area contributed by atoms with E-state index in [2.05, 4.69) is 0 Å². The van der Waals surface area contributed by atoms with E-state index in [9.17, 15) is 9.18 Å². The third kappa shape index (κ3) is 2.44. The van der Waals surface area contributed by atoms with E-state index in [-0.39, 0.29) is 12.3 Å². The van der Waals surface area contributed by atoms with Crippen molar-refractivity contribution in [2.24, 2.45) is 11.7 Å². The third-order valence-corrected chi connectivity index (χ3v) is 1.85. The summed E-state index contributed by atoms with van der Waals surface area (Å²) < 4.78 is 12.9. The quantitative estimate of drug-likeness (QED) is 0.677. The maximum absolute atomic E-state index is 12.9. The molecule has 0 saturated carbocycles. The zero-order chi connectivity index (χ0) is 9.94. The van der Waals surface area contributed by atoms with Gasteiger partial charge in [-0.05, 0) is 19.3 Å². The van der Waals surface area contributed by atoms with Gasteiger partial charge in [-0.1, -0.05) is 13.8 Å². The molecular formula is C8H16FNO2. The van der Waals surface area contributed by atoms with Crippen molar-refractivity contribution in [1.82, 2.24) is 0 Å². The van der Waals surface area contributed by atoms with Crippen LogP contribution in [0, 0.1) is 5.92 Å². The predicted molar refractivity (Wildman–Crippen MR) is 44.6 cm³/mol. The highest BCUT2D eigenvalue weighted by Gasteiger charge is 2.40. The Kier molecular flexibility index (Phi) is 3.64. The van der Waals surface area contributed by atoms with Crippen LogP contribution in [-0.4, -0.2) is 22.8 Å². The Morgan fingerprint density at radius 2 is 2.00 bits per heavy atom. The molecule has 72 valence electrons. The molecule has 3 nitrogen and oxygen atoms in total. The van der Waals surface area contributed by atoms with Gasteiger partial charge in [-0.15, -0.1) is 0 Å². The molecule has 0 heterocycles. The maximum Gasteiger partial charge on any atom is 0.326 e. The Morgan fingerprint density at radius 3 is 2.08 bits per heavy atom. The van der Waals surface area contributed by atoms with Crippen LogP contribution < -0.4 is 5.73 Å². The lowest BCUT2D eigenvalue weighted by molar-refractivity contribution is -0.146. The Balaban J connectivity index is 4.51. The van der Waals surface area contributed by atoms with E-state index in [0.29, 0.717) is 0 Å². The van der Waals surface area contributed by atoms with Gasteiger partial charge in [-0.3, -0.25) is 4.79 Å². The minimum atomic E-state index is -1.73. The molecule has 0 aromatic carbocycles. The largest absolute Gasteiger partial charge is 0.480 e. The molecule has 0 aromatic heterocycles. The lowest BCUT2D eigenvalue weighted by atomic mass is 9.86. The van der Waals surface area contributed by atoms with Gasteiger partial charge in [-0.2, -0.15) is 0 Å².